The average molecular weight is 228 g/mol. The van der Waals surface area contributed by atoms with Crippen LogP contribution < -0.4 is 5.32 Å². The van der Waals surface area contributed by atoms with Gasteiger partial charge in [0, 0.05) is 12.5 Å². The minimum Gasteiger partial charge on any atom is -0.371 e. The standard InChI is InChI=1S/C15H20N2/c1-2-7-13(8-3-1)16-15-11-10-12-6-4-5-9-14(12)17-15/h4-6,9,13H,1-3,7-8,10-11H2,(H,16,17). The van der Waals surface area contributed by atoms with Gasteiger partial charge in [-0.2, -0.15) is 0 Å². The van der Waals surface area contributed by atoms with Gasteiger partial charge in [-0.15, -0.1) is 0 Å². The van der Waals surface area contributed by atoms with Gasteiger partial charge in [0.05, 0.1) is 5.69 Å². The zero-order valence-electron chi connectivity index (χ0n) is 10.3. The maximum atomic E-state index is 4.75. The van der Waals surface area contributed by atoms with Crippen LogP contribution in [0.25, 0.3) is 0 Å². The lowest BCUT2D eigenvalue weighted by atomic mass is 9.95. The summed E-state index contributed by atoms with van der Waals surface area (Å²) in [5.74, 6) is 1.20. The van der Waals surface area contributed by atoms with Crippen LogP contribution in [-0.4, -0.2) is 11.9 Å². The molecule has 1 aromatic carbocycles. The van der Waals surface area contributed by atoms with Crippen LogP contribution in [0.1, 0.15) is 44.1 Å². The number of para-hydroxylation sites is 1. The number of amidine groups is 1. The number of nitrogens with one attached hydrogen (secondary N) is 1. The number of hydrogen-bond acceptors (Lipinski definition) is 2. The monoisotopic (exact) mass is 228 g/mol. The Morgan fingerprint density at radius 2 is 1.82 bits per heavy atom. The summed E-state index contributed by atoms with van der Waals surface area (Å²) in [6, 6.07) is 9.17. The van der Waals surface area contributed by atoms with E-state index in [0.717, 1.165) is 18.5 Å². The smallest absolute Gasteiger partial charge is 0.103 e. The van der Waals surface area contributed by atoms with Gasteiger partial charge >= 0.3 is 0 Å². The SMILES string of the molecule is c1ccc2c(c1)CCC(NC1CCCCC1)=N2. The number of aryl methyl sites for hydroxylation is 1. The molecule has 1 N–H and O–H groups in total. The van der Waals surface area contributed by atoms with Gasteiger partial charge in [-0.1, -0.05) is 37.5 Å². The highest BCUT2D eigenvalue weighted by molar-refractivity contribution is 5.87. The summed E-state index contributed by atoms with van der Waals surface area (Å²) in [7, 11) is 0. The fourth-order valence-corrected chi connectivity index (χ4v) is 2.87. The van der Waals surface area contributed by atoms with Crippen molar-refractivity contribution in [2.24, 2.45) is 4.99 Å². The highest BCUT2D eigenvalue weighted by Crippen LogP contribution is 2.25. The van der Waals surface area contributed by atoms with Crippen molar-refractivity contribution in [2.45, 2.75) is 51.0 Å². The lowest BCUT2D eigenvalue weighted by molar-refractivity contribution is 0.411. The minimum atomic E-state index is 0.674. The number of benzene rings is 1. The Morgan fingerprint density at radius 1 is 1.00 bits per heavy atom. The summed E-state index contributed by atoms with van der Waals surface area (Å²) in [6.45, 7) is 0. The molecule has 2 heteroatoms. The van der Waals surface area contributed by atoms with E-state index in [9.17, 15) is 0 Å². The van der Waals surface area contributed by atoms with Gasteiger partial charge in [-0.3, -0.25) is 0 Å². The molecule has 2 nitrogen and oxygen atoms in total. The highest BCUT2D eigenvalue weighted by atomic mass is 15.0. The molecule has 0 unspecified atom stereocenters. The van der Waals surface area contributed by atoms with Crippen LogP contribution in [-0.2, 0) is 6.42 Å². The molecular formula is C15H20N2. The fourth-order valence-electron chi connectivity index (χ4n) is 2.87. The quantitative estimate of drug-likeness (QED) is 0.780. The molecule has 0 atom stereocenters. The molecule has 2 aliphatic rings. The first-order valence-electron chi connectivity index (χ1n) is 6.84. The van der Waals surface area contributed by atoms with Crippen molar-refractivity contribution in [1.82, 2.24) is 5.32 Å². The van der Waals surface area contributed by atoms with Crippen molar-refractivity contribution in [3.63, 3.8) is 0 Å². The van der Waals surface area contributed by atoms with Gasteiger partial charge in [0.15, 0.2) is 0 Å². The summed E-state index contributed by atoms with van der Waals surface area (Å²) in [5.41, 5.74) is 2.55. The molecule has 0 radical (unpaired) electrons. The minimum absolute atomic E-state index is 0.674. The molecule has 1 saturated carbocycles. The molecule has 1 aliphatic carbocycles. The maximum Gasteiger partial charge on any atom is 0.103 e. The molecule has 3 rings (SSSR count). The Bertz CT molecular complexity index is 417. The third kappa shape index (κ3) is 2.51. The van der Waals surface area contributed by atoms with Crippen LogP contribution in [0.3, 0.4) is 0 Å². The first kappa shape index (κ1) is 10.8. The molecule has 0 bridgehead atoms. The van der Waals surface area contributed by atoms with Crippen molar-refractivity contribution >= 4 is 11.5 Å². The summed E-state index contributed by atoms with van der Waals surface area (Å²) in [4.78, 5) is 4.75. The number of hydrogen-bond donors (Lipinski definition) is 1. The largest absolute Gasteiger partial charge is 0.371 e. The van der Waals surface area contributed by atoms with Crippen LogP contribution in [0, 0.1) is 0 Å². The molecule has 0 aromatic heterocycles. The molecule has 1 aromatic rings. The Hall–Kier alpha value is -1.31. The predicted octanol–water partition coefficient (Wildman–Crippen LogP) is 3.59. The van der Waals surface area contributed by atoms with E-state index in [0.29, 0.717) is 6.04 Å². The Labute approximate surface area is 103 Å². The third-order valence-electron chi connectivity index (χ3n) is 3.85. The lowest BCUT2D eigenvalue weighted by Crippen LogP contribution is -2.37. The van der Waals surface area contributed by atoms with Crippen LogP contribution in [0.15, 0.2) is 29.3 Å². The van der Waals surface area contributed by atoms with Gasteiger partial charge < -0.3 is 5.32 Å². The maximum absolute atomic E-state index is 4.75. The third-order valence-corrected chi connectivity index (χ3v) is 3.85. The topological polar surface area (TPSA) is 24.4 Å². The Kier molecular flexibility index (Phi) is 3.12. The Balaban J connectivity index is 1.70. The lowest BCUT2D eigenvalue weighted by Gasteiger charge is -2.26. The summed E-state index contributed by atoms with van der Waals surface area (Å²) < 4.78 is 0. The zero-order chi connectivity index (χ0) is 11.5. The summed E-state index contributed by atoms with van der Waals surface area (Å²) in [6.07, 6.45) is 9.01. The van der Waals surface area contributed by atoms with Gasteiger partial charge in [0.25, 0.3) is 0 Å². The van der Waals surface area contributed by atoms with Gasteiger partial charge in [0.1, 0.15) is 5.84 Å². The molecule has 1 fully saturated rings. The van der Waals surface area contributed by atoms with Crippen molar-refractivity contribution in [3.8, 4) is 0 Å². The van der Waals surface area contributed by atoms with E-state index in [2.05, 4.69) is 29.6 Å². The van der Waals surface area contributed by atoms with Crippen molar-refractivity contribution in [1.29, 1.82) is 0 Å². The van der Waals surface area contributed by atoms with E-state index < -0.39 is 0 Å². The van der Waals surface area contributed by atoms with Crippen molar-refractivity contribution in [2.75, 3.05) is 0 Å². The normalized spacial score (nSPS) is 20.6. The Morgan fingerprint density at radius 3 is 2.71 bits per heavy atom. The van der Waals surface area contributed by atoms with E-state index in [1.165, 1.54) is 43.5 Å². The molecular weight excluding hydrogens is 208 g/mol. The number of nitrogens with zero attached hydrogens (tertiary/aromatic N) is 1. The molecule has 0 amide bonds. The number of fused-ring (bicyclic) bond motifs is 1. The van der Waals surface area contributed by atoms with Gasteiger partial charge in [-0.05, 0) is 30.9 Å². The molecule has 1 heterocycles. The first-order chi connectivity index (χ1) is 8.42. The second-order valence-corrected chi connectivity index (χ2v) is 5.17. The van der Waals surface area contributed by atoms with Gasteiger partial charge in [-0.25, -0.2) is 4.99 Å². The van der Waals surface area contributed by atoms with Crippen LogP contribution in [0.2, 0.25) is 0 Å². The van der Waals surface area contributed by atoms with Crippen LogP contribution in [0.5, 0.6) is 0 Å². The second-order valence-electron chi connectivity index (χ2n) is 5.17. The van der Waals surface area contributed by atoms with E-state index in [4.69, 9.17) is 4.99 Å². The van der Waals surface area contributed by atoms with E-state index >= 15 is 0 Å². The van der Waals surface area contributed by atoms with Crippen molar-refractivity contribution < 1.29 is 0 Å². The fraction of sp³-hybridized carbons (Fsp3) is 0.533. The highest BCUT2D eigenvalue weighted by Gasteiger charge is 2.17. The molecule has 0 saturated heterocycles. The summed E-state index contributed by atoms with van der Waals surface area (Å²) in [5, 5.41) is 3.65. The van der Waals surface area contributed by atoms with Crippen LogP contribution >= 0.6 is 0 Å². The second kappa shape index (κ2) is 4.91. The van der Waals surface area contributed by atoms with Crippen LogP contribution in [0.4, 0.5) is 5.69 Å². The van der Waals surface area contributed by atoms with Gasteiger partial charge in [0.2, 0.25) is 0 Å². The summed E-state index contributed by atoms with van der Waals surface area (Å²) >= 11 is 0. The number of rotatable bonds is 1. The van der Waals surface area contributed by atoms with E-state index in [1.807, 2.05) is 0 Å². The van der Waals surface area contributed by atoms with Crippen molar-refractivity contribution in [3.05, 3.63) is 29.8 Å². The molecule has 1 aliphatic heterocycles. The first-order valence-corrected chi connectivity index (χ1v) is 6.84. The average Bonchev–Trinajstić information content (AvgIpc) is 2.40. The van der Waals surface area contributed by atoms with E-state index in [1.54, 1.807) is 0 Å². The molecule has 17 heavy (non-hydrogen) atoms. The van der Waals surface area contributed by atoms with E-state index in [-0.39, 0.29) is 0 Å². The molecule has 90 valence electrons. The predicted molar refractivity (Wildman–Crippen MR) is 71.9 cm³/mol. The zero-order valence-corrected chi connectivity index (χ0v) is 10.3. The number of aliphatic imine (C=N–C) groups is 1. The molecule has 0 spiro atoms.